The largest absolute Gasteiger partial charge is 0.381 e. The van der Waals surface area contributed by atoms with Crippen LogP contribution >= 0.6 is 11.3 Å². The van der Waals surface area contributed by atoms with Gasteiger partial charge >= 0.3 is 0 Å². The summed E-state index contributed by atoms with van der Waals surface area (Å²) in [5.41, 5.74) is 0.425. The average Bonchev–Trinajstić information content (AvgIpc) is 3.02. The fourth-order valence-corrected chi connectivity index (χ4v) is 4.28. The van der Waals surface area contributed by atoms with Crippen LogP contribution in [0.2, 0.25) is 0 Å². The molecule has 1 atom stereocenters. The molecular formula is C18H19N3O3S. The van der Waals surface area contributed by atoms with Gasteiger partial charge in [0.05, 0.1) is 31.3 Å². The Morgan fingerprint density at radius 3 is 2.84 bits per heavy atom. The Morgan fingerprint density at radius 2 is 2.16 bits per heavy atom. The number of aromatic amines is 1. The van der Waals surface area contributed by atoms with Gasteiger partial charge in [-0.3, -0.25) is 4.79 Å². The first kappa shape index (κ1) is 16.4. The standard InChI is InChI=1S/C18H19N3O3S/c1-17(2,3)18(23)9-24-8-12-11-6-13(10-4-5-19-20-7-10)25-14(11)16(22)21-15(12)18/h4-7,23H,8-9H2,1-3H3,(H,21,22). The summed E-state index contributed by atoms with van der Waals surface area (Å²) in [7, 11) is 0. The summed E-state index contributed by atoms with van der Waals surface area (Å²) in [5, 5.41) is 19.8. The summed E-state index contributed by atoms with van der Waals surface area (Å²) in [5.74, 6) is 0. The van der Waals surface area contributed by atoms with E-state index in [2.05, 4.69) is 15.2 Å². The molecule has 6 nitrogen and oxygen atoms in total. The second kappa shape index (κ2) is 5.45. The maximum Gasteiger partial charge on any atom is 0.266 e. The molecule has 0 bridgehead atoms. The lowest BCUT2D eigenvalue weighted by Gasteiger charge is -2.43. The van der Waals surface area contributed by atoms with Gasteiger partial charge in [0.1, 0.15) is 10.3 Å². The van der Waals surface area contributed by atoms with Crippen LogP contribution in [0, 0.1) is 5.41 Å². The molecule has 3 aromatic heterocycles. The monoisotopic (exact) mass is 357 g/mol. The van der Waals surface area contributed by atoms with Crippen molar-refractivity contribution in [3.05, 3.63) is 46.1 Å². The highest BCUT2D eigenvalue weighted by molar-refractivity contribution is 7.22. The van der Waals surface area contributed by atoms with E-state index in [0.717, 1.165) is 21.4 Å². The fraction of sp³-hybridized carbons (Fsp3) is 0.389. The summed E-state index contributed by atoms with van der Waals surface area (Å²) in [6.45, 7) is 6.35. The predicted octanol–water partition coefficient (Wildman–Crippen LogP) is 2.81. The zero-order valence-corrected chi connectivity index (χ0v) is 15.1. The second-order valence-corrected chi connectivity index (χ2v) is 8.45. The van der Waals surface area contributed by atoms with Gasteiger partial charge in [0.25, 0.3) is 5.56 Å². The molecule has 0 aliphatic carbocycles. The Hall–Kier alpha value is -2.09. The molecule has 0 spiro atoms. The van der Waals surface area contributed by atoms with Crippen LogP contribution < -0.4 is 5.56 Å². The highest BCUT2D eigenvalue weighted by atomic mass is 32.1. The Labute approximate surface area is 148 Å². The minimum Gasteiger partial charge on any atom is -0.381 e. The Morgan fingerprint density at radius 1 is 1.36 bits per heavy atom. The molecule has 7 heteroatoms. The molecular weight excluding hydrogens is 338 g/mol. The van der Waals surface area contributed by atoms with Crippen molar-refractivity contribution in [2.75, 3.05) is 6.61 Å². The molecule has 3 aromatic rings. The second-order valence-electron chi connectivity index (χ2n) is 7.40. The van der Waals surface area contributed by atoms with E-state index in [9.17, 15) is 9.90 Å². The molecule has 0 radical (unpaired) electrons. The van der Waals surface area contributed by atoms with Gasteiger partial charge in [0.15, 0.2) is 0 Å². The van der Waals surface area contributed by atoms with Crippen LogP contribution in [0.5, 0.6) is 0 Å². The summed E-state index contributed by atoms with van der Waals surface area (Å²) in [6, 6.07) is 3.84. The predicted molar refractivity (Wildman–Crippen MR) is 96.5 cm³/mol. The maximum absolute atomic E-state index is 12.7. The van der Waals surface area contributed by atoms with Crippen molar-refractivity contribution in [1.82, 2.24) is 15.2 Å². The van der Waals surface area contributed by atoms with Crippen LogP contribution in [-0.2, 0) is 16.9 Å². The van der Waals surface area contributed by atoms with Crippen molar-refractivity contribution in [3.8, 4) is 10.4 Å². The van der Waals surface area contributed by atoms with E-state index in [-0.39, 0.29) is 12.2 Å². The van der Waals surface area contributed by atoms with Gasteiger partial charge in [-0.05, 0) is 17.5 Å². The first-order chi connectivity index (χ1) is 11.8. The number of aliphatic hydroxyl groups is 1. The summed E-state index contributed by atoms with van der Waals surface area (Å²) in [4.78, 5) is 16.6. The average molecular weight is 357 g/mol. The topological polar surface area (TPSA) is 88.1 Å². The van der Waals surface area contributed by atoms with E-state index < -0.39 is 11.0 Å². The zero-order chi connectivity index (χ0) is 17.8. The third-order valence-electron chi connectivity index (χ3n) is 4.88. The van der Waals surface area contributed by atoms with Gasteiger partial charge in [-0.2, -0.15) is 10.2 Å². The molecule has 0 amide bonds. The van der Waals surface area contributed by atoms with E-state index >= 15 is 0 Å². The molecule has 4 rings (SSSR count). The number of hydrogen-bond acceptors (Lipinski definition) is 6. The lowest BCUT2D eigenvalue weighted by Crippen LogP contribution is -2.48. The van der Waals surface area contributed by atoms with Gasteiger partial charge in [0, 0.05) is 21.4 Å². The Kier molecular flexibility index (Phi) is 3.57. The van der Waals surface area contributed by atoms with Crippen LogP contribution in [0.25, 0.3) is 20.5 Å². The molecule has 1 aliphatic heterocycles. The number of ether oxygens (including phenoxy) is 1. The smallest absolute Gasteiger partial charge is 0.266 e. The van der Waals surface area contributed by atoms with Crippen molar-refractivity contribution in [1.29, 1.82) is 0 Å². The van der Waals surface area contributed by atoms with E-state index in [1.807, 2.05) is 32.9 Å². The van der Waals surface area contributed by atoms with Gasteiger partial charge in [-0.25, -0.2) is 0 Å². The molecule has 0 saturated heterocycles. The minimum absolute atomic E-state index is 0.163. The van der Waals surface area contributed by atoms with Gasteiger partial charge in [-0.1, -0.05) is 20.8 Å². The molecule has 2 N–H and O–H groups in total. The molecule has 130 valence electrons. The van der Waals surface area contributed by atoms with E-state index in [1.54, 1.807) is 12.4 Å². The number of hydrogen-bond donors (Lipinski definition) is 2. The molecule has 0 aromatic carbocycles. The van der Waals surface area contributed by atoms with Crippen molar-refractivity contribution in [2.24, 2.45) is 5.41 Å². The molecule has 0 fully saturated rings. The Balaban J connectivity index is 2.00. The molecule has 0 saturated carbocycles. The molecule has 1 unspecified atom stereocenters. The van der Waals surface area contributed by atoms with Crippen molar-refractivity contribution in [3.63, 3.8) is 0 Å². The molecule has 25 heavy (non-hydrogen) atoms. The quantitative estimate of drug-likeness (QED) is 0.699. The number of H-pyrrole nitrogens is 1. The van der Waals surface area contributed by atoms with Crippen molar-refractivity contribution >= 4 is 21.4 Å². The summed E-state index contributed by atoms with van der Waals surface area (Å²) >= 11 is 1.41. The van der Waals surface area contributed by atoms with Crippen LogP contribution in [0.3, 0.4) is 0 Å². The lowest BCUT2D eigenvalue weighted by atomic mass is 9.72. The van der Waals surface area contributed by atoms with Gasteiger partial charge in [0.2, 0.25) is 0 Å². The number of fused-ring (bicyclic) bond motifs is 3. The first-order valence-corrected chi connectivity index (χ1v) is 8.89. The summed E-state index contributed by atoms with van der Waals surface area (Å²) < 4.78 is 6.34. The molecule has 1 aliphatic rings. The number of aromatic nitrogens is 3. The number of nitrogens with one attached hydrogen (secondary N) is 1. The number of pyridine rings is 1. The number of nitrogens with zero attached hydrogens (tertiary/aromatic N) is 2. The first-order valence-electron chi connectivity index (χ1n) is 8.07. The number of thiophene rings is 1. The van der Waals surface area contributed by atoms with Gasteiger partial charge in [-0.15, -0.1) is 11.3 Å². The SMILES string of the molecule is CC(C)(C)C1(O)COCc2c1[nH]c(=O)c1sc(-c3ccnnc3)cc21. The third kappa shape index (κ3) is 2.42. The Bertz CT molecular complexity index is 1000. The van der Waals surface area contributed by atoms with Crippen molar-refractivity contribution < 1.29 is 9.84 Å². The van der Waals surface area contributed by atoms with Crippen molar-refractivity contribution in [2.45, 2.75) is 33.0 Å². The zero-order valence-electron chi connectivity index (χ0n) is 14.3. The highest BCUT2D eigenvalue weighted by Crippen LogP contribution is 2.45. The number of rotatable bonds is 1. The highest BCUT2D eigenvalue weighted by Gasteiger charge is 2.47. The van der Waals surface area contributed by atoms with E-state index in [4.69, 9.17) is 4.74 Å². The lowest BCUT2D eigenvalue weighted by molar-refractivity contribution is -0.139. The fourth-order valence-electron chi connectivity index (χ4n) is 3.21. The van der Waals surface area contributed by atoms with Gasteiger partial charge < -0.3 is 14.8 Å². The van der Waals surface area contributed by atoms with Crippen LogP contribution in [0.1, 0.15) is 32.0 Å². The maximum atomic E-state index is 12.7. The normalized spacial score (nSPS) is 20.6. The van der Waals surface area contributed by atoms with E-state index in [1.165, 1.54) is 11.3 Å². The summed E-state index contributed by atoms with van der Waals surface area (Å²) in [6.07, 6.45) is 3.30. The van der Waals surface area contributed by atoms with Crippen LogP contribution in [0.15, 0.2) is 29.3 Å². The van der Waals surface area contributed by atoms with Crippen LogP contribution in [0.4, 0.5) is 0 Å². The molecule has 4 heterocycles. The minimum atomic E-state index is -1.24. The van der Waals surface area contributed by atoms with E-state index in [0.29, 0.717) is 17.0 Å². The van der Waals surface area contributed by atoms with Crippen LogP contribution in [-0.4, -0.2) is 26.9 Å². The third-order valence-corrected chi connectivity index (χ3v) is 6.07.